The molecule has 0 amide bonds. The number of hydrogen-bond donors (Lipinski definition) is 1. The standard InChI is InChI=1S/C10H20N2O2/c1-12-6-3-4-10(11,5-7-12)8-9(13)14-2/h3-8,11H2,1-2H3. The van der Waals surface area contributed by atoms with Gasteiger partial charge in [-0.25, -0.2) is 0 Å². The third kappa shape index (κ3) is 3.27. The molecule has 2 N–H and O–H groups in total. The summed E-state index contributed by atoms with van der Waals surface area (Å²) < 4.78 is 4.65. The number of ether oxygens (including phenoxy) is 1. The smallest absolute Gasteiger partial charge is 0.307 e. The molecule has 4 nitrogen and oxygen atoms in total. The Kier molecular flexibility index (Phi) is 3.89. The first-order valence-corrected chi connectivity index (χ1v) is 5.10. The number of methoxy groups -OCH3 is 1. The van der Waals surface area contributed by atoms with Gasteiger partial charge in [-0.3, -0.25) is 4.79 Å². The van der Waals surface area contributed by atoms with Crippen molar-refractivity contribution in [1.82, 2.24) is 4.90 Å². The summed E-state index contributed by atoms with van der Waals surface area (Å²) in [5, 5.41) is 0. The maximum Gasteiger partial charge on any atom is 0.307 e. The largest absolute Gasteiger partial charge is 0.469 e. The summed E-state index contributed by atoms with van der Waals surface area (Å²) in [6.07, 6.45) is 3.19. The molecule has 0 bridgehead atoms. The molecule has 0 aromatic carbocycles. The van der Waals surface area contributed by atoms with E-state index in [0.29, 0.717) is 6.42 Å². The van der Waals surface area contributed by atoms with Crippen molar-refractivity contribution in [2.75, 3.05) is 27.2 Å². The first kappa shape index (κ1) is 11.5. The van der Waals surface area contributed by atoms with E-state index < -0.39 is 0 Å². The summed E-state index contributed by atoms with van der Waals surface area (Å²) in [4.78, 5) is 13.4. The summed E-state index contributed by atoms with van der Waals surface area (Å²) in [6, 6.07) is 0. The van der Waals surface area contributed by atoms with Crippen molar-refractivity contribution in [2.24, 2.45) is 5.73 Å². The van der Waals surface area contributed by atoms with Gasteiger partial charge < -0.3 is 15.4 Å². The van der Waals surface area contributed by atoms with Crippen LogP contribution in [-0.2, 0) is 9.53 Å². The molecule has 1 saturated heterocycles. The van der Waals surface area contributed by atoms with Crippen LogP contribution in [0.3, 0.4) is 0 Å². The van der Waals surface area contributed by atoms with Gasteiger partial charge in [0.2, 0.25) is 0 Å². The lowest BCUT2D eigenvalue weighted by molar-refractivity contribution is -0.142. The van der Waals surface area contributed by atoms with Crippen LogP contribution in [0, 0.1) is 0 Å². The SMILES string of the molecule is COC(=O)CC1(N)CCCN(C)CC1. The fourth-order valence-corrected chi connectivity index (χ4v) is 1.89. The summed E-state index contributed by atoms with van der Waals surface area (Å²) in [6.45, 7) is 2.04. The number of hydrogen-bond acceptors (Lipinski definition) is 4. The Hall–Kier alpha value is -0.610. The van der Waals surface area contributed by atoms with Crippen LogP contribution in [0.1, 0.15) is 25.7 Å². The molecule has 14 heavy (non-hydrogen) atoms. The first-order chi connectivity index (χ1) is 6.56. The van der Waals surface area contributed by atoms with E-state index in [0.717, 1.165) is 32.4 Å². The Labute approximate surface area is 85.4 Å². The molecule has 0 saturated carbocycles. The molecule has 0 aliphatic carbocycles. The van der Waals surface area contributed by atoms with E-state index in [1.54, 1.807) is 0 Å². The topological polar surface area (TPSA) is 55.6 Å². The van der Waals surface area contributed by atoms with Crippen molar-refractivity contribution < 1.29 is 9.53 Å². The van der Waals surface area contributed by atoms with Gasteiger partial charge in [0.05, 0.1) is 13.5 Å². The maximum absolute atomic E-state index is 11.2. The maximum atomic E-state index is 11.2. The molecule has 1 aliphatic heterocycles. The van der Waals surface area contributed by atoms with Crippen LogP contribution < -0.4 is 5.73 Å². The number of carbonyl (C=O) groups excluding carboxylic acids is 1. The Bertz CT molecular complexity index is 208. The third-order valence-electron chi connectivity index (χ3n) is 2.93. The monoisotopic (exact) mass is 200 g/mol. The Morgan fingerprint density at radius 3 is 2.86 bits per heavy atom. The van der Waals surface area contributed by atoms with Crippen LogP contribution in [-0.4, -0.2) is 43.7 Å². The lowest BCUT2D eigenvalue weighted by Crippen LogP contribution is -2.42. The van der Waals surface area contributed by atoms with Gasteiger partial charge >= 0.3 is 5.97 Å². The number of likely N-dealkylation sites (tertiary alicyclic amines) is 1. The zero-order valence-electron chi connectivity index (χ0n) is 9.08. The Morgan fingerprint density at radius 2 is 2.21 bits per heavy atom. The van der Waals surface area contributed by atoms with E-state index in [2.05, 4.69) is 16.7 Å². The third-order valence-corrected chi connectivity index (χ3v) is 2.93. The van der Waals surface area contributed by atoms with Crippen LogP contribution in [0.15, 0.2) is 0 Å². The van der Waals surface area contributed by atoms with Gasteiger partial charge in [0.25, 0.3) is 0 Å². The highest BCUT2D eigenvalue weighted by atomic mass is 16.5. The van der Waals surface area contributed by atoms with Gasteiger partial charge in [0.1, 0.15) is 0 Å². The van der Waals surface area contributed by atoms with Crippen molar-refractivity contribution in [2.45, 2.75) is 31.2 Å². The van der Waals surface area contributed by atoms with Crippen LogP contribution in [0.25, 0.3) is 0 Å². The molecule has 1 aliphatic rings. The molecule has 1 fully saturated rings. The fraction of sp³-hybridized carbons (Fsp3) is 0.900. The first-order valence-electron chi connectivity index (χ1n) is 5.10. The quantitative estimate of drug-likeness (QED) is 0.654. The van der Waals surface area contributed by atoms with Crippen LogP contribution in [0.4, 0.5) is 0 Å². The summed E-state index contributed by atoms with van der Waals surface area (Å²) >= 11 is 0. The number of nitrogens with zero attached hydrogens (tertiary/aromatic N) is 1. The average molecular weight is 200 g/mol. The number of nitrogens with two attached hydrogens (primary N) is 1. The minimum Gasteiger partial charge on any atom is -0.469 e. The molecule has 1 unspecified atom stereocenters. The molecule has 0 radical (unpaired) electrons. The van der Waals surface area contributed by atoms with E-state index in [1.165, 1.54) is 7.11 Å². The van der Waals surface area contributed by atoms with Gasteiger partial charge in [-0.15, -0.1) is 0 Å². The van der Waals surface area contributed by atoms with Crippen LogP contribution in [0.5, 0.6) is 0 Å². The summed E-state index contributed by atoms with van der Waals surface area (Å²) in [5.74, 6) is -0.197. The van der Waals surface area contributed by atoms with Crippen LogP contribution >= 0.6 is 0 Å². The number of carbonyl (C=O) groups is 1. The zero-order valence-corrected chi connectivity index (χ0v) is 9.08. The van der Waals surface area contributed by atoms with Gasteiger partial charge in [-0.2, -0.15) is 0 Å². The highest BCUT2D eigenvalue weighted by Crippen LogP contribution is 2.22. The predicted molar refractivity (Wildman–Crippen MR) is 54.9 cm³/mol. The molecule has 82 valence electrons. The lowest BCUT2D eigenvalue weighted by atomic mass is 9.88. The van der Waals surface area contributed by atoms with Crippen molar-refractivity contribution >= 4 is 5.97 Å². The van der Waals surface area contributed by atoms with Gasteiger partial charge in [-0.05, 0) is 39.4 Å². The lowest BCUT2D eigenvalue weighted by Gasteiger charge is -2.26. The molecular formula is C10H20N2O2. The molecular weight excluding hydrogens is 180 g/mol. The van der Waals surface area contributed by atoms with Crippen molar-refractivity contribution in [3.8, 4) is 0 Å². The highest BCUT2D eigenvalue weighted by Gasteiger charge is 2.30. The van der Waals surface area contributed by atoms with Crippen molar-refractivity contribution in [1.29, 1.82) is 0 Å². The van der Waals surface area contributed by atoms with Crippen LogP contribution in [0.2, 0.25) is 0 Å². The molecule has 1 heterocycles. The minimum absolute atomic E-state index is 0.197. The molecule has 4 heteroatoms. The van der Waals surface area contributed by atoms with Crippen molar-refractivity contribution in [3.63, 3.8) is 0 Å². The number of esters is 1. The van der Waals surface area contributed by atoms with E-state index in [1.807, 2.05) is 0 Å². The van der Waals surface area contributed by atoms with Crippen molar-refractivity contribution in [3.05, 3.63) is 0 Å². The molecule has 0 aromatic rings. The second kappa shape index (κ2) is 4.75. The number of rotatable bonds is 2. The van der Waals surface area contributed by atoms with E-state index >= 15 is 0 Å². The predicted octanol–water partition coefficient (Wildman–Crippen LogP) is 0.363. The highest BCUT2D eigenvalue weighted by molar-refractivity contribution is 5.70. The van der Waals surface area contributed by atoms with Gasteiger partial charge in [-0.1, -0.05) is 0 Å². The minimum atomic E-state index is -0.349. The average Bonchev–Trinajstić information content (AvgIpc) is 2.29. The van der Waals surface area contributed by atoms with E-state index in [4.69, 9.17) is 5.73 Å². The Morgan fingerprint density at radius 1 is 1.50 bits per heavy atom. The second-order valence-corrected chi connectivity index (χ2v) is 4.27. The van der Waals surface area contributed by atoms with E-state index in [-0.39, 0.29) is 11.5 Å². The molecule has 0 aromatic heterocycles. The summed E-state index contributed by atoms with van der Waals surface area (Å²) in [7, 11) is 3.50. The molecule has 0 spiro atoms. The molecule has 1 atom stereocenters. The Balaban J connectivity index is 2.50. The van der Waals surface area contributed by atoms with Gasteiger partial charge in [0.15, 0.2) is 0 Å². The zero-order chi connectivity index (χ0) is 10.6. The van der Waals surface area contributed by atoms with Gasteiger partial charge in [0, 0.05) is 5.54 Å². The normalized spacial score (nSPS) is 29.6. The van der Waals surface area contributed by atoms with E-state index in [9.17, 15) is 4.79 Å². The molecule has 1 rings (SSSR count). The second-order valence-electron chi connectivity index (χ2n) is 4.27. The summed E-state index contributed by atoms with van der Waals surface area (Å²) in [5.41, 5.74) is 5.82. The fourth-order valence-electron chi connectivity index (χ4n) is 1.89.